The maximum absolute atomic E-state index is 11.0. The number of hydrogen-bond donors (Lipinski definition) is 0. The highest BCUT2D eigenvalue weighted by Crippen LogP contribution is 2.18. The second-order valence-corrected chi connectivity index (χ2v) is 7.44. The van der Waals surface area contributed by atoms with E-state index in [1.807, 2.05) is 6.92 Å². The minimum Gasteiger partial charge on any atom is -0.460 e. The minimum atomic E-state index is -2.43. The zero-order valence-electron chi connectivity index (χ0n) is 12.4. The summed E-state index contributed by atoms with van der Waals surface area (Å²) in [6, 6.07) is 0.803. The van der Waals surface area contributed by atoms with Crippen LogP contribution in [-0.2, 0) is 22.8 Å². The van der Waals surface area contributed by atoms with Crippen molar-refractivity contribution in [3.05, 3.63) is 12.7 Å². The molecule has 1 atom stereocenters. The van der Waals surface area contributed by atoms with Gasteiger partial charge in [0, 0.05) is 33.4 Å². The molecule has 0 spiro atoms. The molecule has 112 valence electrons. The molecule has 0 heterocycles. The van der Waals surface area contributed by atoms with Gasteiger partial charge in [-0.15, -0.1) is 0 Å². The number of unbranched alkanes of at least 4 members (excludes halogenated alkanes) is 2. The molecule has 0 aromatic rings. The molecule has 0 saturated carbocycles. The first kappa shape index (κ1) is 18.3. The molecule has 1 unspecified atom stereocenters. The lowest BCUT2D eigenvalue weighted by atomic mass is 10.1. The van der Waals surface area contributed by atoms with Crippen molar-refractivity contribution in [2.45, 2.75) is 44.8 Å². The van der Waals surface area contributed by atoms with Crippen LogP contribution in [0.1, 0.15) is 32.6 Å². The molecule has 0 aliphatic heterocycles. The van der Waals surface area contributed by atoms with E-state index in [4.69, 9.17) is 18.0 Å². The van der Waals surface area contributed by atoms with Crippen molar-refractivity contribution >= 4 is 14.8 Å². The van der Waals surface area contributed by atoms with Crippen LogP contribution in [0.5, 0.6) is 0 Å². The Kier molecular flexibility index (Phi) is 9.77. The van der Waals surface area contributed by atoms with Gasteiger partial charge in [-0.3, -0.25) is 0 Å². The Balaban J connectivity index is 3.75. The van der Waals surface area contributed by atoms with Gasteiger partial charge in [0.15, 0.2) is 0 Å². The quantitative estimate of drug-likeness (QED) is 0.253. The van der Waals surface area contributed by atoms with E-state index >= 15 is 0 Å². The molecule has 0 N–H and O–H groups in total. The number of ether oxygens (including phenoxy) is 1. The van der Waals surface area contributed by atoms with Gasteiger partial charge in [-0.1, -0.05) is 13.0 Å². The molecule has 0 amide bonds. The van der Waals surface area contributed by atoms with E-state index in [1.54, 1.807) is 21.3 Å². The van der Waals surface area contributed by atoms with Crippen molar-refractivity contribution < 1.29 is 22.8 Å². The second kappa shape index (κ2) is 10.1. The highest BCUT2D eigenvalue weighted by atomic mass is 28.4. The average Bonchev–Trinajstić information content (AvgIpc) is 2.43. The van der Waals surface area contributed by atoms with Crippen LogP contribution in [0.15, 0.2) is 12.7 Å². The van der Waals surface area contributed by atoms with E-state index in [9.17, 15) is 4.79 Å². The molecule has 0 saturated heterocycles. The monoisotopic (exact) mass is 290 g/mol. The van der Waals surface area contributed by atoms with Crippen molar-refractivity contribution in [2.24, 2.45) is 0 Å². The Morgan fingerprint density at radius 3 is 2.21 bits per heavy atom. The molecule has 0 radical (unpaired) electrons. The van der Waals surface area contributed by atoms with Crippen molar-refractivity contribution in [3.63, 3.8) is 0 Å². The van der Waals surface area contributed by atoms with E-state index in [0.29, 0.717) is 0 Å². The van der Waals surface area contributed by atoms with Gasteiger partial charge in [-0.05, 0) is 26.2 Å². The first-order valence-corrected chi connectivity index (χ1v) is 8.45. The van der Waals surface area contributed by atoms with Crippen LogP contribution in [0.25, 0.3) is 0 Å². The highest BCUT2D eigenvalue weighted by Gasteiger charge is 2.36. The Morgan fingerprint density at radius 1 is 1.16 bits per heavy atom. The largest absolute Gasteiger partial charge is 0.500 e. The van der Waals surface area contributed by atoms with E-state index in [2.05, 4.69) is 6.58 Å². The lowest BCUT2D eigenvalue weighted by Crippen LogP contribution is -2.42. The van der Waals surface area contributed by atoms with Crippen LogP contribution in [0.2, 0.25) is 6.04 Å². The van der Waals surface area contributed by atoms with Gasteiger partial charge < -0.3 is 18.0 Å². The predicted molar refractivity (Wildman–Crippen MR) is 75.8 cm³/mol. The third-order valence-corrected chi connectivity index (χ3v) is 5.84. The maximum Gasteiger partial charge on any atom is 0.500 e. The Labute approximate surface area is 117 Å². The lowest BCUT2D eigenvalue weighted by Gasteiger charge is -2.24. The fourth-order valence-corrected chi connectivity index (χ4v) is 3.61. The van der Waals surface area contributed by atoms with E-state index < -0.39 is 8.80 Å². The van der Waals surface area contributed by atoms with Gasteiger partial charge in [-0.2, -0.15) is 0 Å². The molecule has 0 aromatic carbocycles. The Bertz CT molecular complexity index is 257. The van der Waals surface area contributed by atoms with Crippen LogP contribution < -0.4 is 0 Å². The van der Waals surface area contributed by atoms with E-state index in [0.717, 1.165) is 31.7 Å². The van der Waals surface area contributed by atoms with E-state index in [-0.39, 0.29) is 12.1 Å². The standard InChI is InChI=1S/C13H26O5Si/c1-6-13(14)18-12(2)10-8-7-9-11-19(15-3,16-4)17-5/h6,12H,1,7-11H2,2-5H3. The minimum absolute atomic E-state index is 0.0697. The van der Waals surface area contributed by atoms with Gasteiger partial charge in [-0.25, -0.2) is 4.79 Å². The molecule has 0 aromatic heterocycles. The summed E-state index contributed by atoms with van der Waals surface area (Å²) < 4.78 is 21.1. The van der Waals surface area contributed by atoms with Crippen molar-refractivity contribution in [3.8, 4) is 0 Å². The van der Waals surface area contributed by atoms with Crippen LogP contribution in [0, 0.1) is 0 Å². The van der Waals surface area contributed by atoms with Crippen molar-refractivity contribution in [1.29, 1.82) is 0 Å². The van der Waals surface area contributed by atoms with Gasteiger partial charge in [0.25, 0.3) is 0 Å². The smallest absolute Gasteiger partial charge is 0.460 e. The first-order chi connectivity index (χ1) is 9.03. The second-order valence-electron chi connectivity index (χ2n) is 4.35. The Hall–Kier alpha value is -0.693. The molecule has 6 heteroatoms. The van der Waals surface area contributed by atoms with Gasteiger partial charge in [0.1, 0.15) is 0 Å². The topological polar surface area (TPSA) is 54.0 Å². The number of esters is 1. The summed E-state index contributed by atoms with van der Waals surface area (Å²) in [6.07, 6.45) is 4.96. The zero-order valence-corrected chi connectivity index (χ0v) is 13.4. The lowest BCUT2D eigenvalue weighted by molar-refractivity contribution is -0.142. The summed E-state index contributed by atoms with van der Waals surface area (Å²) in [7, 11) is 2.44. The van der Waals surface area contributed by atoms with E-state index in [1.165, 1.54) is 6.08 Å². The van der Waals surface area contributed by atoms with Crippen LogP contribution in [0.3, 0.4) is 0 Å². The molecule has 0 bridgehead atoms. The number of carbonyl (C=O) groups excluding carboxylic acids is 1. The highest BCUT2D eigenvalue weighted by molar-refractivity contribution is 6.60. The summed E-state index contributed by atoms with van der Waals surface area (Å²) in [5.41, 5.74) is 0. The average molecular weight is 290 g/mol. The molecule has 0 rings (SSSR count). The summed E-state index contributed by atoms with van der Waals surface area (Å²) >= 11 is 0. The fraction of sp³-hybridized carbons (Fsp3) is 0.769. The van der Waals surface area contributed by atoms with Crippen LogP contribution in [0.4, 0.5) is 0 Å². The normalized spacial score (nSPS) is 13.1. The third kappa shape index (κ3) is 7.46. The zero-order chi connectivity index (χ0) is 14.7. The molecular weight excluding hydrogens is 264 g/mol. The predicted octanol–water partition coefficient (Wildman–Crippen LogP) is 2.54. The maximum atomic E-state index is 11.0. The number of carbonyl (C=O) groups is 1. The van der Waals surface area contributed by atoms with Crippen LogP contribution >= 0.6 is 0 Å². The molecule has 0 aliphatic rings. The number of hydrogen-bond acceptors (Lipinski definition) is 5. The SMILES string of the molecule is C=CC(=O)OC(C)CCCCC[Si](OC)(OC)OC. The first-order valence-electron chi connectivity index (χ1n) is 6.52. The molecule has 0 fully saturated rings. The summed E-state index contributed by atoms with van der Waals surface area (Å²) in [5.74, 6) is -0.364. The number of rotatable bonds is 11. The van der Waals surface area contributed by atoms with Crippen LogP contribution in [-0.4, -0.2) is 42.2 Å². The van der Waals surface area contributed by atoms with Gasteiger partial charge >= 0.3 is 14.8 Å². The summed E-state index contributed by atoms with van der Waals surface area (Å²) in [5, 5.41) is 0. The van der Waals surface area contributed by atoms with Gasteiger partial charge in [0.05, 0.1) is 6.10 Å². The summed E-state index contributed by atoms with van der Waals surface area (Å²) in [6.45, 7) is 5.26. The van der Waals surface area contributed by atoms with Crippen molar-refractivity contribution in [1.82, 2.24) is 0 Å². The molecular formula is C13H26O5Si. The molecule has 19 heavy (non-hydrogen) atoms. The van der Waals surface area contributed by atoms with Gasteiger partial charge in [0.2, 0.25) is 0 Å². The van der Waals surface area contributed by atoms with Crippen molar-refractivity contribution in [2.75, 3.05) is 21.3 Å². The fourth-order valence-electron chi connectivity index (χ4n) is 1.81. The molecule has 5 nitrogen and oxygen atoms in total. The summed E-state index contributed by atoms with van der Waals surface area (Å²) in [4.78, 5) is 11.0. The Morgan fingerprint density at radius 2 is 1.74 bits per heavy atom. The third-order valence-electron chi connectivity index (χ3n) is 3.01. The molecule has 0 aliphatic carbocycles.